The molecule has 0 aliphatic heterocycles. The summed E-state index contributed by atoms with van der Waals surface area (Å²) >= 11 is 0. The van der Waals surface area contributed by atoms with Crippen molar-refractivity contribution in [1.29, 1.82) is 0 Å². The molecule has 3 rings (SSSR count). The lowest BCUT2D eigenvalue weighted by atomic mass is 10.3. The van der Waals surface area contributed by atoms with Gasteiger partial charge in [0.05, 0.1) is 18.6 Å². The minimum Gasteiger partial charge on any atom is -0.395 e. The molecule has 3 aromatic rings. The normalized spacial score (nSPS) is 10.8. The van der Waals surface area contributed by atoms with Crippen LogP contribution in [0.25, 0.3) is 16.9 Å². The van der Waals surface area contributed by atoms with Crippen LogP contribution in [0.2, 0.25) is 0 Å². The molecule has 2 heterocycles. The van der Waals surface area contributed by atoms with Crippen LogP contribution in [0.1, 0.15) is 0 Å². The number of aliphatic hydroxyl groups excluding tert-OH is 1. The van der Waals surface area contributed by atoms with E-state index in [2.05, 4.69) is 20.3 Å². The van der Waals surface area contributed by atoms with Gasteiger partial charge in [0.2, 0.25) is 0 Å². The summed E-state index contributed by atoms with van der Waals surface area (Å²) in [5, 5.41) is 11.7. The number of aliphatic hydroxyl groups is 1. The van der Waals surface area contributed by atoms with Gasteiger partial charge in [-0.1, -0.05) is 18.2 Å². The lowest BCUT2D eigenvalue weighted by molar-refractivity contribution is 0.311. The molecule has 3 N–H and O–H groups in total. The number of benzene rings is 1. The van der Waals surface area contributed by atoms with Gasteiger partial charge in [0, 0.05) is 6.54 Å². The Morgan fingerprint density at radius 3 is 2.85 bits per heavy atom. The first-order valence-corrected chi connectivity index (χ1v) is 6.17. The van der Waals surface area contributed by atoms with E-state index in [1.807, 2.05) is 30.3 Å². The molecule has 0 radical (unpaired) electrons. The number of imidazole rings is 1. The molecular weight excluding hydrogens is 258 g/mol. The minimum absolute atomic E-state index is 0.0426. The van der Waals surface area contributed by atoms with E-state index in [0.717, 1.165) is 0 Å². The number of aromatic amines is 1. The number of nitrogens with zero attached hydrogens (tertiary/aromatic N) is 3. The molecule has 0 aliphatic rings. The van der Waals surface area contributed by atoms with Gasteiger partial charge < -0.3 is 15.4 Å². The highest BCUT2D eigenvalue weighted by Crippen LogP contribution is 2.18. The summed E-state index contributed by atoms with van der Waals surface area (Å²) in [6, 6.07) is 9.20. The standard InChI is InChI=1S/C13H13N5O2/c19-7-6-14-11-10-12(16-8-15-10)18(13(20)17-11)9-4-2-1-3-5-9/h1-5,8,19H,6-7H2,(H,15,16)(H,14,17,20). The molecule has 0 bridgehead atoms. The van der Waals surface area contributed by atoms with E-state index in [0.29, 0.717) is 29.2 Å². The number of hydrogen-bond acceptors (Lipinski definition) is 5. The predicted octanol–water partition coefficient (Wildman–Crippen LogP) is 0.513. The average Bonchev–Trinajstić information content (AvgIpc) is 2.95. The van der Waals surface area contributed by atoms with Gasteiger partial charge in [-0.25, -0.2) is 14.3 Å². The fraction of sp³-hybridized carbons (Fsp3) is 0.154. The Hall–Kier alpha value is -2.67. The number of H-pyrrole nitrogens is 1. The zero-order valence-corrected chi connectivity index (χ0v) is 10.6. The van der Waals surface area contributed by atoms with E-state index < -0.39 is 5.69 Å². The van der Waals surface area contributed by atoms with E-state index in [-0.39, 0.29) is 6.61 Å². The topological polar surface area (TPSA) is 95.8 Å². The molecule has 0 spiro atoms. The number of hydrogen-bond donors (Lipinski definition) is 3. The third-order valence-corrected chi connectivity index (χ3v) is 2.89. The van der Waals surface area contributed by atoms with Crippen molar-refractivity contribution in [3.8, 4) is 5.69 Å². The number of para-hydroxylation sites is 1. The van der Waals surface area contributed by atoms with Crippen LogP contribution in [0.5, 0.6) is 0 Å². The van der Waals surface area contributed by atoms with Crippen LogP contribution in [0.3, 0.4) is 0 Å². The molecule has 7 heteroatoms. The first-order chi connectivity index (χ1) is 9.81. The van der Waals surface area contributed by atoms with Gasteiger partial charge in [0.25, 0.3) is 0 Å². The summed E-state index contributed by atoms with van der Waals surface area (Å²) in [4.78, 5) is 23.4. The van der Waals surface area contributed by atoms with Crippen molar-refractivity contribution in [2.45, 2.75) is 0 Å². The third kappa shape index (κ3) is 2.04. The van der Waals surface area contributed by atoms with Crippen LogP contribution in [0, 0.1) is 0 Å². The van der Waals surface area contributed by atoms with E-state index in [4.69, 9.17) is 5.11 Å². The van der Waals surface area contributed by atoms with Crippen LogP contribution in [0.15, 0.2) is 41.5 Å². The monoisotopic (exact) mass is 271 g/mol. The Labute approximate surface area is 113 Å². The van der Waals surface area contributed by atoms with Crippen LogP contribution in [-0.4, -0.2) is 37.8 Å². The Morgan fingerprint density at radius 1 is 1.30 bits per heavy atom. The average molecular weight is 271 g/mol. The van der Waals surface area contributed by atoms with Gasteiger partial charge in [0.15, 0.2) is 11.5 Å². The molecule has 102 valence electrons. The van der Waals surface area contributed by atoms with Crippen molar-refractivity contribution >= 4 is 17.0 Å². The van der Waals surface area contributed by atoms with Gasteiger partial charge in [-0.2, -0.15) is 4.98 Å². The molecule has 0 fully saturated rings. The Balaban J connectivity index is 2.22. The summed E-state index contributed by atoms with van der Waals surface area (Å²) < 4.78 is 1.44. The second kappa shape index (κ2) is 5.14. The highest BCUT2D eigenvalue weighted by Gasteiger charge is 2.13. The lowest BCUT2D eigenvalue weighted by Gasteiger charge is -2.09. The van der Waals surface area contributed by atoms with Gasteiger partial charge in [-0.05, 0) is 12.1 Å². The van der Waals surface area contributed by atoms with E-state index in [9.17, 15) is 4.79 Å². The number of fused-ring (bicyclic) bond motifs is 1. The zero-order chi connectivity index (χ0) is 13.9. The zero-order valence-electron chi connectivity index (χ0n) is 10.6. The fourth-order valence-electron chi connectivity index (χ4n) is 2.04. The van der Waals surface area contributed by atoms with Gasteiger partial charge in [0.1, 0.15) is 5.52 Å². The smallest absolute Gasteiger partial charge is 0.355 e. The summed E-state index contributed by atoms with van der Waals surface area (Å²) in [5.74, 6) is 0.392. The maximum absolute atomic E-state index is 12.2. The van der Waals surface area contributed by atoms with Crippen molar-refractivity contribution in [3.05, 3.63) is 47.1 Å². The molecular formula is C13H13N5O2. The second-order valence-electron chi connectivity index (χ2n) is 4.17. The van der Waals surface area contributed by atoms with E-state index in [1.165, 1.54) is 10.9 Å². The van der Waals surface area contributed by atoms with Crippen LogP contribution in [0.4, 0.5) is 5.82 Å². The van der Waals surface area contributed by atoms with Crippen molar-refractivity contribution in [3.63, 3.8) is 0 Å². The summed E-state index contributed by atoms with van der Waals surface area (Å²) in [5.41, 5.74) is 1.41. The fourth-order valence-corrected chi connectivity index (χ4v) is 2.04. The molecule has 2 aromatic heterocycles. The number of nitrogens with one attached hydrogen (secondary N) is 2. The quantitative estimate of drug-likeness (QED) is 0.642. The van der Waals surface area contributed by atoms with Crippen LogP contribution >= 0.6 is 0 Å². The lowest BCUT2D eigenvalue weighted by Crippen LogP contribution is -2.24. The Bertz CT molecular complexity index is 778. The number of rotatable bonds is 4. The maximum Gasteiger partial charge on any atom is 0.355 e. The molecule has 0 amide bonds. The van der Waals surface area contributed by atoms with Gasteiger partial charge >= 0.3 is 5.69 Å². The molecule has 0 aliphatic carbocycles. The van der Waals surface area contributed by atoms with Crippen molar-refractivity contribution in [2.75, 3.05) is 18.5 Å². The van der Waals surface area contributed by atoms with Crippen LogP contribution < -0.4 is 11.0 Å². The highest BCUT2D eigenvalue weighted by molar-refractivity contribution is 5.83. The molecule has 0 atom stereocenters. The van der Waals surface area contributed by atoms with Crippen molar-refractivity contribution in [1.82, 2.24) is 19.5 Å². The molecule has 0 unspecified atom stereocenters. The number of aromatic nitrogens is 4. The van der Waals surface area contributed by atoms with E-state index >= 15 is 0 Å². The first-order valence-electron chi connectivity index (χ1n) is 6.17. The SMILES string of the molecule is O=c1nc(NCCO)c2[nH]cnc2n1-c1ccccc1. The maximum atomic E-state index is 12.2. The highest BCUT2D eigenvalue weighted by atomic mass is 16.3. The Morgan fingerprint density at radius 2 is 2.10 bits per heavy atom. The van der Waals surface area contributed by atoms with Crippen molar-refractivity contribution < 1.29 is 5.11 Å². The van der Waals surface area contributed by atoms with Crippen LogP contribution in [-0.2, 0) is 0 Å². The Kier molecular flexibility index (Phi) is 3.18. The van der Waals surface area contributed by atoms with Gasteiger partial charge in [-0.15, -0.1) is 0 Å². The van der Waals surface area contributed by atoms with Gasteiger partial charge in [-0.3, -0.25) is 0 Å². The molecule has 0 saturated carbocycles. The van der Waals surface area contributed by atoms with Crippen molar-refractivity contribution in [2.24, 2.45) is 0 Å². The summed E-state index contributed by atoms with van der Waals surface area (Å²) in [6.45, 7) is 0.273. The minimum atomic E-state index is -0.420. The molecule has 1 aromatic carbocycles. The predicted molar refractivity (Wildman–Crippen MR) is 75.1 cm³/mol. The van der Waals surface area contributed by atoms with E-state index in [1.54, 1.807) is 0 Å². The molecule has 0 saturated heterocycles. The second-order valence-corrected chi connectivity index (χ2v) is 4.17. The largest absolute Gasteiger partial charge is 0.395 e. The third-order valence-electron chi connectivity index (χ3n) is 2.89. The molecule has 7 nitrogen and oxygen atoms in total. The number of anilines is 1. The molecule has 20 heavy (non-hydrogen) atoms. The first kappa shape index (κ1) is 12.4. The summed E-state index contributed by atoms with van der Waals surface area (Å²) in [7, 11) is 0. The summed E-state index contributed by atoms with van der Waals surface area (Å²) in [6.07, 6.45) is 1.51.